The Balaban J connectivity index is 1.67. The highest BCUT2D eigenvalue weighted by Gasteiger charge is 2.24. The molecular weight excluding hydrogens is 398 g/mol. The Hall–Kier alpha value is -3.24. The molecule has 1 aromatic carbocycles. The van der Waals surface area contributed by atoms with Gasteiger partial charge in [0, 0.05) is 42.6 Å². The standard InChI is InChI=1S/C25H31N7/c1-6-31-10-11-32(15-16(31)2)24-12-22-23(14-27-24)19(5)29-30-25(22)28-18(4)21-9-7-8-20(13-26)17(21)3/h7-9,12,14,16,18H,6,10-11,15H2,1-5H3,(H,28,30)/t16-,18-/m1/s1. The SMILES string of the molecule is CCN1CCN(c2cc3c(N[C@H](C)c4cccc(C#N)c4C)nnc(C)c3cn2)C[C@H]1C. The van der Waals surface area contributed by atoms with Gasteiger partial charge in [-0.3, -0.25) is 4.90 Å². The minimum absolute atomic E-state index is 0.0201. The monoisotopic (exact) mass is 429 g/mol. The van der Waals surface area contributed by atoms with Crippen molar-refractivity contribution in [1.29, 1.82) is 5.26 Å². The molecule has 0 bridgehead atoms. The average molecular weight is 430 g/mol. The van der Waals surface area contributed by atoms with Gasteiger partial charge in [0.1, 0.15) is 5.82 Å². The largest absolute Gasteiger partial charge is 0.362 e. The summed E-state index contributed by atoms with van der Waals surface area (Å²) < 4.78 is 0. The Kier molecular flexibility index (Phi) is 6.24. The number of anilines is 2. The molecule has 1 saturated heterocycles. The summed E-state index contributed by atoms with van der Waals surface area (Å²) >= 11 is 0. The van der Waals surface area contributed by atoms with Crippen LogP contribution in [0.15, 0.2) is 30.5 Å². The van der Waals surface area contributed by atoms with Gasteiger partial charge in [0.25, 0.3) is 0 Å². The normalized spacial score (nSPS) is 17.9. The number of piperazine rings is 1. The molecule has 3 aromatic rings. The lowest BCUT2D eigenvalue weighted by molar-refractivity contribution is 0.199. The first kappa shape index (κ1) is 22.0. The third-order valence-corrected chi connectivity index (χ3v) is 6.65. The van der Waals surface area contributed by atoms with Gasteiger partial charge in [0.05, 0.1) is 23.4 Å². The maximum atomic E-state index is 9.38. The molecule has 2 atom stereocenters. The minimum atomic E-state index is -0.0201. The van der Waals surface area contributed by atoms with E-state index in [0.29, 0.717) is 11.6 Å². The van der Waals surface area contributed by atoms with Crippen LogP contribution in [0.5, 0.6) is 0 Å². The molecule has 0 unspecified atom stereocenters. The van der Waals surface area contributed by atoms with Crippen LogP contribution in [0.3, 0.4) is 0 Å². The van der Waals surface area contributed by atoms with E-state index in [1.807, 2.05) is 32.2 Å². The number of pyridine rings is 1. The van der Waals surface area contributed by atoms with E-state index in [-0.39, 0.29) is 6.04 Å². The molecule has 7 heteroatoms. The van der Waals surface area contributed by atoms with E-state index in [9.17, 15) is 5.26 Å². The van der Waals surface area contributed by atoms with Crippen molar-refractivity contribution in [3.63, 3.8) is 0 Å². The van der Waals surface area contributed by atoms with Crippen LogP contribution < -0.4 is 10.2 Å². The van der Waals surface area contributed by atoms with Gasteiger partial charge in [-0.05, 0) is 57.5 Å². The molecule has 0 aliphatic carbocycles. The van der Waals surface area contributed by atoms with Crippen molar-refractivity contribution in [3.8, 4) is 6.07 Å². The van der Waals surface area contributed by atoms with Gasteiger partial charge in [-0.15, -0.1) is 5.10 Å². The molecule has 1 fully saturated rings. The second kappa shape index (κ2) is 9.09. The van der Waals surface area contributed by atoms with Crippen molar-refractivity contribution in [3.05, 3.63) is 52.8 Å². The second-order valence-corrected chi connectivity index (χ2v) is 8.64. The maximum absolute atomic E-state index is 9.38. The predicted molar refractivity (Wildman–Crippen MR) is 129 cm³/mol. The van der Waals surface area contributed by atoms with E-state index in [0.717, 1.165) is 65.4 Å². The van der Waals surface area contributed by atoms with Crippen LogP contribution in [0, 0.1) is 25.2 Å². The van der Waals surface area contributed by atoms with Crippen molar-refractivity contribution in [2.24, 2.45) is 0 Å². The molecular formula is C25H31N7. The fourth-order valence-corrected chi connectivity index (χ4v) is 4.64. The molecule has 1 aliphatic rings. The van der Waals surface area contributed by atoms with Crippen molar-refractivity contribution in [2.45, 2.75) is 46.7 Å². The van der Waals surface area contributed by atoms with Gasteiger partial charge >= 0.3 is 0 Å². The summed E-state index contributed by atoms with van der Waals surface area (Å²) in [5, 5.41) is 23.8. The highest BCUT2D eigenvalue weighted by atomic mass is 15.3. The highest BCUT2D eigenvalue weighted by Crippen LogP contribution is 2.30. The molecule has 0 amide bonds. The number of nitriles is 1. The van der Waals surface area contributed by atoms with Crippen molar-refractivity contribution >= 4 is 22.4 Å². The van der Waals surface area contributed by atoms with Gasteiger partial charge in [0.2, 0.25) is 0 Å². The van der Waals surface area contributed by atoms with Gasteiger partial charge in [-0.2, -0.15) is 10.4 Å². The molecule has 0 saturated carbocycles. The fraction of sp³-hybridized carbons (Fsp3) is 0.440. The number of hydrogen-bond donors (Lipinski definition) is 1. The molecule has 2 aromatic heterocycles. The van der Waals surface area contributed by atoms with Gasteiger partial charge in [-0.1, -0.05) is 19.1 Å². The van der Waals surface area contributed by atoms with Crippen LogP contribution >= 0.6 is 0 Å². The first-order valence-electron chi connectivity index (χ1n) is 11.3. The molecule has 7 nitrogen and oxygen atoms in total. The number of benzene rings is 1. The minimum Gasteiger partial charge on any atom is -0.362 e. The molecule has 3 heterocycles. The van der Waals surface area contributed by atoms with Gasteiger partial charge < -0.3 is 10.2 Å². The lowest BCUT2D eigenvalue weighted by Gasteiger charge is -2.40. The summed E-state index contributed by atoms with van der Waals surface area (Å²) in [6.07, 6.45) is 1.92. The third kappa shape index (κ3) is 4.11. The zero-order chi connectivity index (χ0) is 22.8. The van der Waals surface area contributed by atoms with E-state index in [2.05, 4.69) is 64.3 Å². The number of rotatable bonds is 5. The first-order chi connectivity index (χ1) is 15.4. The van der Waals surface area contributed by atoms with Crippen molar-refractivity contribution in [2.75, 3.05) is 36.4 Å². The first-order valence-corrected chi connectivity index (χ1v) is 11.3. The number of fused-ring (bicyclic) bond motifs is 1. The van der Waals surface area contributed by atoms with E-state index in [1.54, 1.807) is 0 Å². The maximum Gasteiger partial charge on any atom is 0.157 e. The summed E-state index contributed by atoms with van der Waals surface area (Å²) in [4.78, 5) is 9.63. The summed E-state index contributed by atoms with van der Waals surface area (Å²) in [6.45, 7) is 14.6. The molecule has 0 spiro atoms. The second-order valence-electron chi connectivity index (χ2n) is 8.64. The third-order valence-electron chi connectivity index (χ3n) is 6.65. The van der Waals surface area contributed by atoms with E-state index < -0.39 is 0 Å². The van der Waals surface area contributed by atoms with Crippen LogP contribution in [0.4, 0.5) is 11.6 Å². The summed E-state index contributed by atoms with van der Waals surface area (Å²) in [5.74, 6) is 1.72. The number of nitrogens with one attached hydrogen (secondary N) is 1. The topological polar surface area (TPSA) is 81.0 Å². The lowest BCUT2D eigenvalue weighted by Crippen LogP contribution is -2.51. The molecule has 4 rings (SSSR count). The molecule has 1 aliphatic heterocycles. The summed E-state index contributed by atoms with van der Waals surface area (Å²) in [5.41, 5.74) is 3.63. The molecule has 0 radical (unpaired) electrons. The number of aromatic nitrogens is 3. The molecule has 32 heavy (non-hydrogen) atoms. The van der Waals surface area contributed by atoms with Crippen molar-refractivity contribution in [1.82, 2.24) is 20.1 Å². The Morgan fingerprint density at radius 3 is 2.75 bits per heavy atom. The quantitative estimate of drug-likeness (QED) is 0.650. The zero-order valence-corrected chi connectivity index (χ0v) is 19.6. The van der Waals surface area contributed by atoms with E-state index in [1.165, 1.54) is 0 Å². The van der Waals surface area contributed by atoms with Gasteiger partial charge in [-0.25, -0.2) is 4.98 Å². The van der Waals surface area contributed by atoms with Gasteiger partial charge in [0.15, 0.2) is 5.82 Å². The summed E-state index contributed by atoms with van der Waals surface area (Å²) in [7, 11) is 0. The number of likely N-dealkylation sites (N-methyl/N-ethyl adjacent to an activating group) is 1. The number of nitrogens with zero attached hydrogens (tertiary/aromatic N) is 6. The van der Waals surface area contributed by atoms with Crippen molar-refractivity contribution < 1.29 is 0 Å². The van der Waals surface area contributed by atoms with Crippen LogP contribution in [-0.4, -0.2) is 52.3 Å². The fourth-order valence-electron chi connectivity index (χ4n) is 4.64. The van der Waals surface area contributed by atoms with E-state index >= 15 is 0 Å². The molecule has 166 valence electrons. The van der Waals surface area contributed by atoms with E-state index in [4.69, 9.17) is 4.98 Å². The smallest absolute Gasteiger partial charge is 0.157 e. The Morgan fingerprint density at radius 2 is 2.03 bits per heavy atom. The number of aryl methyl sites for hydroxylation is 1. The average Bonchev–Trinajstić information content (AvgIpc) is 2.80. The Bertz CT molecular complexity index is 1170. The van der Waals surface area contributed by atoms with Crippen LogP contribution in [0.1, 0.15) is 49.2 Å². The highest BCUT2D eigenvalue weighted by molar-refractivity contribution is 5.94. The number of hydrogen-bond acceptors (Lipinski definition) is 7. The van der Waals surface area contributed by atoms with Crippen LogP contribution in [0.25, 0.3) is 10.8 Å². The van der Waals surface area contributed by atoms with Crippen LogP contribution in [-0.2, 0) is 0 Å². The molecule has 1 N–H and O–H groups in total. The van der Waals surface area contributed by atoms with Crippen LogP contribution in [0.2, 0.25) is 0 Å². The zero-order valence-electron chi connectivity index (χ0n) is 19.6. The Labute approximate surface area is 190 Å². The lowest BCUT2D eigenvalue weighted by atomic mass is 9.98. The summed E-state index contributed by atoms with van der Waals surface area (Å²) in [6, 6.07) is 10.7. The Morgan fingerprint density at radius 1 is 1.22 bits per heavy atom. The predicted octanol–water partition coefficient (Wildman–Crippen LogP) is 4.22.